The first-order valence-corrected chi connectivity index (χ1v) is 5.47. The van der Waals surface area contributed by atoms with E-state index >= 15 is 0 Å². The molecule has 0 unspecified atom stereocenters. The Morgan fingerprint density at radius 3 is 2.44 bits per heavy atom. The first kappa shape index (κ1) is 13.0. The van der Waals surface area contributed by atoms with Gasteiger partial charge in [-0.05, 0) is 24.3 Å². The van der Waals surface area contributed by atoms with E-state index in [2.05, 4.69) is 0 Å². The van der Waals surface area contributed by atoms with Gasteiger partial charge in [0.2, 0.25) is 0 Å². The molecule has 4 heteroatoms. The van der Waals surface area contributed by atoms with E-state index in [1.54, 1.807) is 13.8 Å². The Morgan fingerprint density at radius 1 is 1.38 bits per heavy atom. The highest BCUT2D eigenvalue weighted by Crippen LogP contribution is 2.19. The van der Waals surface area contributed by atoms with Gasteiger partial charge in [-0.15, -0.1) is 11.6 Å². The number of benzene rings is 1. The Labute approximate surface area is 99.4 Å². The molecule has 0 spiro atoms. The van der Waals surface area contributed by atoms with Crippen molar-refractivity contribution in [1.29, 1.82) is 0 Å². The average molecular weight is 245 g/mol. The van der Waals surface area contributed by atoms with Gasteiger partial charge in [-0.2, -0.15) is 0 Å². The van der Waals surface area contributed by atoms with Gasteiger partial charge in [0.25, 0.3) is 0 Å². The fourth-order valence-corrected chi connectivity index (χ4v) is 1.10. The topological polar surface area (TPSA) is 26.3 Å². The molecule has 1 aromatic rings. The van der Waals surface area contributed by atoms with Gasteiger partial charge < -0.3 is 4.74 Å². The Hall–Kier alpha value is -1.09. The number of ketones is 1. The lowest BCUT2D eigenvalue weighted by Crippen LogP contribution is -2.30. The molecule has 0 heterocycles. The number of alkyl halides is 1. The lowest BCUT2D eigenvalue weighted by Gasteiger charge is -2.19. The van der Waals surface area contributed by atoms with Crippen molar-refractivity contribution in [3.05, 3.63) is 30.1 Å². The van der Waals surface area contributed by atoms with Crippen LogP contribution in [0.3, 0.4) is 0 Å². The molecule has 88 valence electrons. The second-order valence-electron chi connectivity index (χ2n) is 4.18. The van der Waals surface area contributed by atoms with Crippen LogP contribution < -0.4 is 4.74 Å². The molecule has 0 bridgehead atoms. The van der Waals surface area contributed by atoms with E-state index in [1.165, 1.54) is 24.3 Å². The Bertz CT molecular complexity index is 360. The number of carbonyl (C=O) groups is 1. The summed E-state index contributed by atoms with van der Waals surface area (Å²) in [5.41, 5.74) is -0.596. The Balaban J connectivity index is 2.52. The summed E-state index contributed by atoms with van der Waals surface area (Å²) >= 11 is 5.66. The van der Waals surface area contributed by atoms with Crippen LogP contribution in [0.1, 0.15) is 13.8 Å². The highest BCUT2D eigenvalue weighted by molar-refractivity contribution is 6.20. The van der Waals surface area contributed by atoms with Crippen molar-refractivity contribution >= 4 is 17.4 Å². The third-order valence-electron chi connectivity index (χ3n) is 2.27. The Kier molecular flexibility index (Phi) is 4.30. The van der Waals surface area contributed by atoms with Crippen LogP contribution in [-0.4, -0.2) is 18.3 Å². The molecule has 0 amide bonds. The van der Waals surface area contributed by atoms with Crippen LogP contribution in [0.4, 0.5) is 4.39 Å². The summed E-state index contributed by atoms with van der Waals surface area (Å²) in [7, 11) is 0. The van der Waals surface area contributed by atoms with Gasteiger partial charge in [-0.1, -0.05) is 13.8 Å². The molecular formula is C12H14ClFO2. The molecule has 0 aromatic heterocycles. The van der Waals surface area contributed by atoms with Crippen molar-refractivity contribution < 1.29 is 13.9 Å². The van der Waals surface area contributed by atoms with Crippen LogP contribution in [0.25, 0.3) is 0 Å². The second kappa shape index (κ2) is 5.30. The average Bonchev–Trinajstić information content (AvgIpc) is 2.28. The maximum atomic E-state index is 12.6. The molecule has 0 radical (unpaired) electrons. The van der Waals surface area contributed by atoms with E-state index in [4.69, 9.17) is 16.3 Å². The maximum Gasteiger partial charge on any atom is 0.176 e. The van der Waals surface area contributed by atoms with Crippen LogP contribution in [0, 0.1) is 11.2 Å². The first-order valence-electron chi connectivity index (χ1n) is 4.93. The molecule has 0 N–H and O–H groups in total. The van der Waals surface area contributed by atoms with E-state index < -0.39 is 5.41 Å². The smallest absolute Gasteiger partial charge is 0.176 e. The summed E-state index contributed by atoms with van der Waals surface area (Å²) < 4.78 is 17.8. The number of rotatable bonds is 5. The van der Waals surface area contributed by atoms with Crippen molar-refractivity contribution in [1.82, 2.24) is 0 Å². The van der Waals surface area contributed by atoms with E-state index in [9.17, 15) is 9.18 Å². The van der Waals surface area contributed by atoms with Crippen molar-refractivity contribution in [2.24, 2.45) is 5.41 Å². The fourth-order valence-electron chi connectivity index (χ4n) is 0.950. The number of halogens is 2. The van der Waals surface area contributed by atoms with Crippen molar-refractivity contribution in [3.8, 4) is 5.75 Å². The standard InChI is InChI=1S/C12H14ClFO2/c1-12(2,8-13)11(15)7-16-10-5-3-9(14)4-6-10/h3-6H,7-8H2,1-2H3. The van der Waals surface area contributed by atoms with Gasteiger partial charge in [0.1, 0.15) is 18.2 Å². The zero-order chi connectivity index (χ0) is 12.2. The van der Waals surface area contributed by atoms with Crippen LogP contribution >= 0.6 is 11.6 Å². The summed E-state index contributed by atoms with van der Waals surface area (Å²) in [6.45, 7) is 3.47. The Morgan fingerprint density at radius 2 is 1.94 bits per heavy atom. The van der Waals surface area contributed by atoms with Crippen LogP contribution in [0.15, 0.2) is 24.3 Å². The minimum Gasteiger partial charge on any atom is -0.486 e. The lowest BCUT2D eigenvalue weighted by molar-refractivity contribution is -0.128. The highest BCUT2D eigenvalue weighted by Gasteiger charge is 2.26. The van der Waals surface area contributed by atoms with E-state index in [0.29, 0.717) is 5.75 Å². The molecule has 0 saturated carbocycles. The molecule has 1 aromatic carbocycles. The van der Waals surface area contributed by atoms with Gasteiger partial charge in [-0.25, -0.2) is 4.39 Å². The highest BCUT2D eigenvalue weighted by atomic mass is 35.5. The molecule has 0 fully saturated rings. The third-order valence-corrected chi connectivity index (χ3v) is 2.94. The van der Waals surface area contributed by atoms with Gasteiger partial charge in [-0.3, -0.25) is 4.79 Å². The van der Waals surface area contributed by atoms with Gasteiger partial charge in [0.05, 0.1) is 0 Å². The van der Waals surface area contributed by atoms with Gasteiger partial charge in [0, 0.05) is 11.3 Å². The molecule has 0 atom stereocenters. The third kappa shape index (κ3) is 3.49. The lowest BCUT2D eigenvalue weighted by atomic mass is 9.91. The number of carbonyl (C=O) groups excluding carboxylic acids is 1. The molecule has 0 aliphatic carbocycles. The van der Waals surface area contributed by atoms with Crippen molar-refractivity contribution in [3.63, 3.8) is 0 Å². The maximum absolute atomic E-state index is 12.6. The summed E-state index contributed by atoms with van der Waals surface area (Å²) in [4.78, 5) is 11.7. The van der Waals surface area contributed by atoms with E-state index in [1.807, 2.05) is 0 Å². The number of hydrogen-bond acceptors (Lipinski definition) is 2. The molecular weight excluding hydrogens is 231 g/mol. The van der Waals surface area contributed by atoms with E-state index in [-0.39, 0.29) is 24.1 Å². The first-order chi connectivity index (χ1) is 7.45. The predicted molar refractivity (Wildman–Crippen MR) is 61.4 cm³/mol. The molecule has 0 saturated heterocycles. The molecule has 0 aliphatic heterocycles. The van der Waals surface area contributed by atoms with Crippen molar-refractivity contribution in [2.75, 3.05) is 12.5 Å². The summed E-state index contributed by atoms with van der Waals surface area (Å²) in [6, 6.07) is 5.53. The fraction of sp³-hybridized carbons (Fsp3) is 0.417. The van der Waals surface area contributed by atoms with Crippen LogP contribution in [-0.2, 0) is 4.79 Å². The molecule has 16 heavy (non-hydrogen) atoms. The van der Waals surface area contributed by atoms with Crippen LogP contribution in [0.5, 0.6) is 5.75 Å². The quantitative estimate of drug-likeness (QED) is 0.745. The zero-order valence-electron chi connectivity index (χ0n) is 9.30. The summed E-state index contributed by atoms with van der Waals surface area (Å²) in [5, 5.41) is 0. The molecule has 0 aliphatic rings. The predicted octanol–water partition coefficient (Wildman–Crippen LogP) is 3.04. The van der Waals surface area contributed by atoms with Gasteiger partial charge >= 0.3 is 0 Å². The largest absolute Gasteiger partial charge is 0.486 e. The molecule has 1 rings (SSSR count). The second-order valence-corrected chi connectivity index (χ2v) is 4.45. The zero-order valence-corrected chi connectivity index (χ0v) is 10.1. The minimum atomic E-state index is -0.596. The number of hydrogen-bond donors (Lipinski definition) is 0. The normalized spacial score (nSPS) is 11.2. The number of ether oxygens (including phenoxy) is 1. The monoisotopic (exact) mass is 244 g/mol. The SMILES string of the molecule is CC(C)(CCl)C(=O)COc1ccc(F)cc1. The van der Waals surface area contributed by atoms with Crippen LogP contribution in [0.2, 0.25) is 0 Å². The van der Waals surface area contributed by atoms with Gasteiger partial charge in [0.15, 0.2) is 5.78 Å². The van der Waals surface area contributed by atoms with Crippen molar-refractivity contribution in [2.45, 2.75) is 13.8 Å². The minimum absolute atomic E-state index is 0.0502. The number of Topliss-reactive ketones (excluding diaryl/α,β-unsaturated/α-hetero) is 1. The molecule has 2 nitrogen and oxygen atoms in total. The summed E-state index contributed by atoms with van der Waals surface area (Å²) in [5.74, 6) is 0.310. The summed E-state index contributed by atoms with van der Waals surface area (Å²) in [6.07, 6.45) is 0. The van der Waals surface area contributed by atoms with E-state index in [0.717, 1.165) is 0 Å².